The fourth-order valence-corrected chi connectivity index (χ4v) is 4.91. The van der Waals surface area contributed by atoms with Crippen molar-refractivity contribution >= 4 is 29.9 Å². The van der Waals surface area contributed by atoms with Crippen LogP contribution in [0.3, 0.4) is 0 Å². The molecule has 0 saturated carbocycles. The number of nitrogens with zero attached hydrogens (tertiary/aromatic N) is 6. The first-order valence-corrected chi connectivity index (χ1v) is 11.6. The third-order valence-corrected chi connectivity index (χ3v) is 6.68. The second kappa shape index (κ2) is 12.0. The van der Waals surface area contributed by atoms with Crippen LogP contribution in [0.25, 0.3) is 0 Å². The van der Waals surface area contributed by atoms with Gasteiger partial charge in [0.1, 0.15) is 0 Å². The lowest BCUT2D eigenvalue weighted by molar-refractivity contribution is 0.0891. The van der Waals surface area contributed by atoms with Crippen molar-refractivity contribution in [1.29, 1.82) is 0 Å². The Morgan fingerprint density at radius 2 is 1.91 bits per heavy atom. The molecule has 2 saturated heterocycles. The molecule has 1 aromatic heterocycles. The van der Waals surface area contributed by atoms with Crippen LogP contribution in [0.2, 0.25) is 0 Å². The average Bonchev–Trinajstić information content (AvgIpc) is 3.44. The maximum Gasteiger partial charge on any atom is 0.193 e. The van der Waals surface area contributed by atoms with Gasteiger partial charge in [0.2, 0.25) is 0 Å². The van der Waals surface area contributed by atoms with Crippen LogP contribution in [0.4, 0.5) is 0 Å². The van der Waals surface area contributed by atoms with E-state index in [4.69, 9.17) is 0 Å². The number of rotatable bonds is 6. The van der Waals surface area contributed by atoms with Gasteiger partial charge in [-0.05, 0) is 31.0 Å². The molecule has 7 nitrogen and oxygen atoms in total. The topological polar surface area (TPSA) is 51.9 Å². The number of aliphatic imine (C=N–C) groups is 1. The van der Waals surface area contributed by atoms with Crippen LogP contribution in [0.15, 0.2) is 47.7 Å². The zero-order valence-electron chi connectivity index (χ0n) is 19.7. The van der Waals surface area contributed by atoms with E-state index >= 15 is 0 Å². The summed E-state index contributed by atoms with van der Waals surface area (Å²) >= 11 is 0. The van der Waals surface area contributed by atoms with Crippen LogP contribution in [0, 0.1) is 0 Å². The monoisotopic (exact) mass is 551 g/mol. The van der Waals surface area contributed by atoms with Crippen LogP contribution in [-0.4, -0.2) is 90.3 Å². The summed E-state index contributed by atoms with van der Waals surface area (Å²) in [5, 5.41) is 7.94. The summed E-state index contributed by atoms with van der Waals surface area (Å²) in [6, 6.07) is 11.4. The lowest BCUT2D eigenvalue weighted by atomic mass is 10.0. The highest BCUT2D eigenvalue weighted by molar-refractivity contribution is 14.0. The molecule has 8 heteroatoms. The summed E-state index contributed by atoms with van der Waals surface area (Å²) in [7, 11) is 6.11. The molecular formula is C24H38IN7. The zero-order chi connectivity index (χ0) is 21.6. The fourth-order valence-electron chi connectivity index (χ4n) is 4.91. The van der Waals surface area contributed by atoms with E-state index in [9.17, 15) is 0 Å². The summed E-state index contributed by atoms with van der Waals surface area (Å²) < 4.78 is 1.89. The second-order valence-electron chi connectivity index (χ2n) is 8.93. The van der Waals surface area contributed by atoms with Crippen LogP contribution in [0.1, 0.15) is 35.9 Å². The van der Waals surface area contributed by atoms with Gasteiger partial charge in [-0.3, -0.25) is 14.6 Å². The molecule has 4 rings (SSSR count). The van der Waals surface area contributed by atoms with Crippen molar-refractivity contribution in [3.05, 3.63) is 53.9 Å². The van der Waals surface area contributed by atoms with E-state index in [-0.39, 0.29) is 24.0 Å². The van der Waals surface area contributed by atoms with E-state index in [0.29, 0.717) is 12.0 Å². The number of halogens is 1. The van der Waals surface area contributed by atoms with E-state index in [0.717, 1.165) is 64.6 Å². The predicted octanol–water partition coefficient (Wildman–Crippen LogP) is 2.78. The zero-order valence-corrected chi connectivity index (χ0v) is 22.0. The molecule has 2 unspecified atom stereocenters. The van der Waals surface area contributed by atoms with Crippen LogP contribution in [0.5, 0.6) is 0 Å². The molecule has 2 fully saturated rings. The van der Waals surface area contributed by atoms with Crippen molar-refractivity contribution in [3.63, 3.8) is 0 Å². The molecule has 0 aliphatic carbocycles. The average molecular weight is 552 g/mol. The van der Waals surface area contributed by atoms with Crippen molar-refractivity contribution in [1.82, 2.24) is 29.8 Å². The van der Waals surface area contributed by atoms with Crippen LogP contribution < -0.4 is 5.32 Å². The van der Waals surface area contributed by atoms with Gasteiger partial charge in [0.15, 0.2) is 5.96 Å². The maximum absolute atomic E-state index is 4.55. The number of aryl methyl sites for hydroxylation is 1. The highest BCUT2D eigenvalue weighted by atomic mass is 127. The highest BCUT2D eigenvalue weighted by Crippen LogP contribution is 2.27. The Bertz CT molecular complexity index is 853. The summed E-state index contributed by atoms with van der Waals surface area (Å²) in [5.41, 5.74) is 2.76. The molecule has 176 valence electrons. The fraction of sp³-hybridized carbons (Fsp3) is 0.583. The number of hydrogen-bond donors (Lipinski definition) is 1. The smallest absolute Gasteiger partial charge is 0.193 e. The van der Waals surface area contributed by atoms with Gasteiger partial charge in [0, 0.05) is 78.1 Å². The maximum atomic E-state index is 4.55. The molecule has 0 bridgehead atoms. The van der Waals surface area contributed by atoms with E-state index in [1.54, 1.807) is 0 Å². The van der Waals surface area contributed by atoms with Crippen LogP contribution >= 0.6 is 24.0 Å². The lowest BCUT2D eigenvalue weighted by Crippen LogP contribution is -2.47. The number of nitrogens with one attached hydrogen (secondary N) is 1. The van der Waals surface area contributed by atoms with E-state index in [1.807, 2.05) is 25.0 Å². The van der Waals surface area contributed by atoms with Crippen LogP contribution in [-0.2, 0) is 7.05 Å². The summed E-state index contributed by atoms with van der Waals surface area (Å²) in [4.78, 5) is 12.0. The first-order valence-electron chi connectivity index (χ1n) is 11.6. The van der Waals surface area contributed by atoms with Crippen molar-refractivity contribution < 1.29 is 0 Å². The van der Waals surface area contributed by atoms with Gasteiger partial charge < -0.3 is 15.1 Å². The summed E-state index contributed by atoms with van der Waals surface area (Å²) in [6.07, 6.45) is 6.42. The van der Waals surface area contributed by atoms with Gasteiger partial charge in [-0.2, -0.15) is 5.10 Å². The van der Waals surface area contributed by atoms with Gasteiger partial charge in [0.25, 0.3) is 0 Å². The molecule has 3 heterocycles. The Labute approximate surface area is 209 Å². The minimum atomic E-state index is 0. The first-order chi connectivity index (χ1) is 15.1. The Kier molecular flexibility index (Phi) is 9.36. The molecule has 2 aliphatic heterocycles. The number of piperazine rings is 1. The molecule has 0 radical (unpaired) electrons. The minimum absolute atomic E-state index is 0. The Morgan fingerprint density at radius 3 is 2.62 bits per heavy atom. The standard InChI is InChI=1S/C24H37N7.HI/c1-25-24(31-13-10-21(18-31)22-16-27-29(3)17-22)26-11-7-12-30-15-14-28(2)19-23(30)20-8-5-4-6-9-20;/h4-6,8-9,16-17,21,23H,7,10-15,18-19H2,1-3H3,(H,25,26);1H. The normalized spacial score (nSPS) is 22.7. The van der Waals surface area contributed by atoms with Crippen molar-refractivity contribution in [2.24, 2.45) is 12.0 Å². The van der Waals surface area contributed by atoms with Gasteiger partial charge in [0.05, 0.1) is 6.20 Å². The number of benzene rings is 1. The molecular weight excluding hydrogens is 513 g/mol. The van der Waals surface area contributed by atoms with Gasteiger partial charge in [-0.15, -0.1) is 24.0 Å². The molecule has 32 heavy (non-hydrogen) atoms. The second-order valence-corrected chi connectivity index (χ2v) is 8.93. The molecule has 0 spiro atoms. The van der Waals surface area contributed by atoms with Crippen molar-refractivity contribution in [3.8, 4) is 0 Å². The predicted molar refractivity (Wildman–Crippen MR) is 142 cm³/mol. The Balaban J connectivity index is 0.00000289. The molecule has 2 atom stereocenters. The molecule has 0 amide bonds. The van der Waals surface area contributed by atoms with Crippen molar-refractivity contribution in [2.75, 3.05) is 59.9 Å². The Hall–Kier alpha value is -1.65. The number of likely N-dealkylation sites (tertiary alicyclic amines) is 1. The SMILES string of the molecule is CN=C(NCCCN1CCN(C)CC1c1ccccc1)N1CCC(c2cnn(C)c2)C1.I. The number of hydrogen-bond acceptors (Lipinski definition) is 4. The molecule has 1 aromatic carbocycles. The highest BCUT2D eigenvalue weighted by Gasteiger charge is 2.28. The number of likely N-dealkylation sites (N-methyl/N-ethyl adjacent to an activating group) is 1. The summed E-state index contributed by atoms with van der Waals surface area (Å²) in [5.74, 6) is 1.58. The third-order valence-electron chi connectivity index (χ3n) is 6.68. The first kappa shape index (κ1) is 25.0. The quantitative estimate of drug-likeness (QED) is 0.259. The number of aromatic nitrogens is 2. The van der Waals surface area contributed by atoms with Crippen molar-refractivity contribution in [2.45, 2.75) is 24.8 Å². The largest absolute Gasteiger partial charge is 0.356 e. The minimum Gasteiger partial charge on any atom is -0.356 e. The molecule has 1 N–H and O–H groups in total. The van der Waals surface area contributed by atoms with E-state index in [2.05, 4.69) is 73.7 Å². The van der Waals surface area contributed by atoms with E-state index < -0.39 is 0 Å². The van der Waals surface area contributed by atoms with Gasteiger partial charge >= 0.3 is 0 Å². The van der Waals surface area contributed by atoms with E-state index in [1.165, 1.54) is 11.1 Å². The lowest BCUT2D eigenvalue weighted by Gasteiger charge is -2.40. The number of guanidine groups is 1. The third kappa shape index (κ3) is 6.23. The summed E-state index contributed by atoms with van der Waals surface area (Å²) in [6.45, 7) is 7.49. The van der Waals surface area contributed by atoms with Gasteiger partial charge in [-0.25, -0.2) is 0 Å². The molecule has 2 aromatic rings. The molecule has 2 aliphatic rings. The Morgan fingerprint density at radius 1 is 1.09 bits per heavy atom. The van der Waals surface area contributed by atoms with Gasteiger partial charge in [-0.1, -0.05) is 30.3 Å².